The Kier molecular flexibility index (Phi) is 6.56. The van der Waals surface area contributed by atoms with Crippen LogP contribution in [-0.4, -0.2) is 23.0 Å². The Morgan fingerprint density at radius 2 is 1.97 bits per heavy atom. The molecule has 0 aliphatic heterocycles. The summed E-state index contributed by atoms with van der Waals surface area (Å²) in [5.74, 6) is -0.930. The van der Waals surface area contributed by atoms with E-state index in [0.717, 1.165) is 22.0 Å². The summed E-state index contributed by atoms with van der Waals surface area (Å²) in [5.41, 5.74) is 3.73. The SMILES string of the molecule is COP(c1cc(C)cc(C)c1)c1c(C(=O)NCc2cccnc2)[nH]c2ccc(Cl)c(F)c12. The maximum atomic E-state index is 15.2. The molecule has 4 rings (SSSR count). The van der Waals surface area contributed by atoms with Crippen molar-refractivity contribution in [2.45, 2.75) is 20.4 Å². The number of fused-ring (bicyclic) bond motifs is 1. The van der Waals surface area contributed by atoms with Crippen molar-refractivity contribution in [3.8, 4) is 0 Å². The molecule has 1 amide bonds. The van der Waals surface area contributed by atoms with Crippen LogP contribution in [-0.2, 0) is 11.1 Å². The van der Waals surface area contributed by atoms with Crippen LogP contribution < -0.4 is 15.9 Å². The minimum Gasteiger partial charge on any atom is -0.353 e. The zero-order valence-electron chi connectivity index (χ0n) is 17.9. The Hall–Kier alpha value is -2.79. The predicted molar refractivity (Wildman–Crippen MR) is 128 cm³/mol. The van der Waals surface area contributed by atoms with Crippen LogP contribution in [0.2, 0.25) is 5.02 Å². The second-order valence-electron chi connectivity index (χ2n) is 7.50. The van der Waals surface area contributed by atoms with E-state index in [-0.39, 0.29) is 22.0 Å². The lowest BCUT2D eigenvalue weighted by molar-refractivity contribution is 0.0948. The van der Waals surface area contributed by atoms with Crippen LogP contribution in [0.4, 0.5) is 4.39 Å². The normalized spacial score (nSPS) is 12.2. The number of pyridine rings is 1. The molecule has 1 unspecified atom stereocenters. The number of amides is 1. The molecule has 0 saturated carbocycles. The third-order valence-electron chi connectivity index (χ3n) is 5.06. The summed E-state index contributed by atoms with van der Waals surface area (Å²) in [4.78, 5) is 20.4. The molecule has 2 N–H and O–H groups in total. The molecule has 5 nitrogen and oxygen atoms in total. The average molecular weight is 470 g/mol. The van der Waals surface area contributed by atoms with Crippen molar-refractivity contribution in [3.63, 3.8) is 0 Å². The van der Waals surface area contributed by atoms with E-state index in [4.69, 9.17) is 16.1 Å². The quantitative estimate of drug-likeness (QED) is 0.395. The number of halogens is 2. The fourth-order valence-corrected chi connectivity index (χ4v) is 5.97. The number of aromatic amines is 1. The first-order chi connectivity index (χ1) is 15.4. The Balaban J connectivity index is 1.85. The Bertz CT molecular complexity index is 1270. The first-order valence-electron chi connectivity index (χ1n) is 9.98. The number of hydrogen-bond acceptors (Lipinski definition) is 3. The number of carbonyl (C=O) groups excluding carboxylic acids is 1. The molecule has 2 aromatic carbocycles. The first-order valence-corrected chi connectivity index (χ1v) is 11.6. The monoisotopic (exact) mass is 469 g/mol. The number of aromatic nitrogens is 2. The molecule has 0 aliphatic carbocycles. The summed E-state index contributed by atoms with van der Waals surface area (Å²) < 4.78 is 21.1. The summed E-state index contributed by atoms with van der Waals surface area (Å²) in [6.07, 6.45) is 3.35. The van der Waals surface area contributed by atoms with Gasteiger partial charge in [-0.3, -0.25) is 9.78 Å². The van der Waals surface area contributed by atoms with Gasteiger partial charge in [-0.2, -0.15) is 0 Å². The van der Waals surface area contributed by atoms with Crippen LogP contribution in [0.3, 0.4) is 0 Å². The highest BCUT2D eigenvalue weighted by atomic mass is 35.5. The molecule has 0 bridgehead atoms. The zero-order valence-corrected chi connectivity index (χ0v) is 19.5. The Labute approximate surface area is 191 Å². The molecule has 8 heteroatoms. The van der Waals surface area contributed by atoms with Crippen molar-refractivity contribution in [2.75, 3.05) is 7.11 Å². The van der Waals surface area contributed by atoms with Gasteiger partial charge in [0.1, 0.15) is 5.69 Å². The van der Waals surface area contributed by atoms with Crippen molar-refractivity contribution < 1.29 is 13.7 Å². The first kappa shape index (κ1) is 22.4. The molecule has 1 atom stereocenters. The lowest BCUT2D eigenvalue weighted by Crippen LogP contribution is -2.29. The predicted octanol–water partition coefficient (Wildman–Crippen LogP) is 4.90. The summed E-state index contributed by atoms with van der Waals surface area (Å²) in [6.45, 7) is 4.28. The molecule has 0 spiro atoms. The number of H-pyrrole nitrogens is 1. The fourth-order valence-electron chi connectivity index (χ4n) is 3.74. The van der Waals surface area contributed by atoms with Gasteiger partial charge in [-0.05, 0) is 49.7 Å². The van der Waals surface area contributed by atoms with Gasteiger partial charge in [0.05, 0.1) is 13.2 Å². The van der Waals surface area contributed by atoms with Gasteiger partial charge in [0, 0.05) is 47.6 Å². The van der Waals surface area contributed by atoms with Crippen molar-refractivity contribution in [2.24, 2.45) is 0 Å². The third-order valence-corrected chi connectivity index (χ3v) is 7.30. The van der Waals surface area contributed by atoms with Gasteiger partial charge in [-0.1, -0.05) is 34.9 Å². The molecule has 32 heavy (non-hydrogen) atoms. The van der Waals surface area contributed by atoms with Crippen molar-refractivity contribution in [3.05, 3.63) is 88.1 Å². The molecule has 4 aromatic rings. The van der Waals surface area contributed by atoms with Crippen LogP contribution in [0.25, 0.3) is 10.9 Å². The maximum absolute atomic E-state index is 15.2. The van der Waals surface area contributed by atoms with Crippen LogP contribution in [0.15, 0.2) is 54.9 Å². The molecule has 2 aromatic heterocycles. The highest BCUT2D eigenvalue weighted by Crippen LogP contribution is 2.40. The second kappa shape index (κ2) is 9.37. The standard InChI is InChI=1S/C24H22ClFN3O2P/c1-14-9-15(2)11-17(10-14)32(31-3)23-20-19(7-6-18(25)21(20)26)29-22(23)24(30)28-13-16-5-4-8-27-12-16/h4-12,29H,13H2,1-3H3,(H,28,30). The highest BCUT2D eigenvalue weighted by molar-refractivity contribution is 7.69. The lowest BCUT2D eigenvalue weighted by Gasteiger charge is -2.18. The van der Waals surface area contributed by atoms with E-state index in [1.807, 2.05) is 32.0 Å². The minimum atomic E-state index is -1.49. The average Bonchev–Trinajstić information content (AvgIpc) is 3.15. The van der Waals surface area contributed by atoms with E-state index in [1.54, 1.807) is 31.6 Å². The van der Waals surface area contributed by atoms with E-state index in [0.29, 0.717) is 17.4 Å². The summed E-state index contributed by atoms with van der Waals surface area (Å²) in [5, 5.41) is 4.53. The Morgan fingerprint density at radius 1 is 1.22 bits per heavy atom. The number of nitrogens with one attached hydrogen (secondary N) is 2. The zero-order chi connectivity index (χ0) is 22.8. The highest BCUT2D eigenvalue weighted by Gasteiger charge is 2.29. The summed E-state index contributed by atoms with van der Waals surface area (Å²) in [6, 6.07) is 12.9. The van der Waals surface area contributed by atoms with Gasteiger partial charge >= 0.3 is 0 Å². The van der Waals surface area contributed by atoms with E-state index < -0.39 is 14.0 Å². The van der Waals surface area contributed by atoms with Crippen LogP contribution in [0.5, 0.6) is 0 Å². The summed E-state index contributed by atoms with van der Waals surface area (Å²) in [7, 11) is 0.0777. The molecular weight excluding hydrogens is 448 g/mol. The van der Waals surface area contributed by atoms with Crippen molar-refractivity contribution >= 4 is 47.2 Å². The van der Waals surface area contributed by atoms with Crippen molar-refractivity contribution in [1.29, 1.82) is 0 Å². The van der Waals surface area contributed by atoms with Gasteiger partial charge in [-0.15, -0.1) is 0 Å². The van der Waals surface area contributed by atoms with E-state index >= 15 is 4.39 Å². The van der Waals surface area contributed by atoms with Crippen molar-refractivity contribution in [1.82, 2.24) is 15.3 Å². The molecule has 0 aliphatic rings. The van der Waals surface area contributed by atoms with Gasteiger partial charge in [0.25, 0.3) is 5.91 Å². The topological polar surface area (TPSA) is 67.0 Å². The largest absolute Gasteiger partial charge is 0.353 e. The smallest absolute Gasteiger partial charge is 0.268 e. The minimum absolute atomic E-state index is 0.00783. The van der Waals surface area contributed by atoms with Gasteiger partial charge in [0.15, 0.2) is 5.82 Å². The van der Waals surface area contributed by atoms with Gasteiger partial charge in [-0.25, -0.2) is 4.39 Å². The lowest BCUT2D eigenvalue weighted by atomic mass is 10.2. The number of hydrogen-bond donors (Lipinski definition) is 2. The van der Waals surface area contributed by atoms with E-state index in [2.05, 4.69) is 21.4 Å². The van der Waals surface area contributed by atoms with E-state index in [1.165, 1.54) is 6.07 Å². The molecule has 0 radical (unpaired) electrons. The molecule has 164 valence electrons. The number of aryl methyl sites for hydroxylation is 2. The third kappa shape index (κ3) is 4.40. The number of benzene rings is 2. The molecule has 2 heterocycles. The number of carbonyl (C=O) groups is 1. The number of rotatable bonds is 6. The van der Waals surface area contributed by atoms with Gasteiger partial charge in [0.2, 0.25) is 0 Å². The number of nitrogens with zero attached hydrogens (tertiary/aromatic N) is 1. The molecule has 0 fully saturated rings. The summed E-state index contributed by atoms with van der Waals surface area (Å²) >= 11 is 6.10. The molecular formula is C24H22ClFN3O2P. The van der Waals surface area contributed by atoms with E-state index in [9.17, 15) is 4.79 Å². The fraction of sp³-hybridized carbons (Fsp3) is 0.167. The maximum Gasteiger partial charge on any atom is 0.268 e. The second-order valence-corrected chi connectivity index (χ2v) is 9.82. The van der Waals surface area contributed by atoms with Crippen LogP contribution in [0.1, 0.15) is 27.2 Å². The Morgan fingerprint density at radius 3 is 2.62 bits per heavy atom. The van der Waals surface area contributed by atoms with Crippen LogP contribution in [0, 0.1) is 19.7 Å². The molecule has 0 saturated heterocycles. The van der Waals surface area contributed by atoms with Crippen LogP contribution >= 0.6 is 19.7 Å². The van der Waals surface area contributed by atoms with Gasteiger partial charge < -0.3 is 14.8 Å².